The summed E-state index contributed by atoms with van der Waals surface area (Å²) in [5, 5.41) is 2.52. The van der Waals surface area contributed by atoms with Gasteiger partial charge in [0.25, 0.3) is 25.2 Å². The number of hydrogen-bond acceptors (Lipinski definition) is 7. The molecule has 47 heavy (non-hydrogen) atoms. The van der Waals surface area contributed by atoms with E-state index >= 15 is 0 Å². The summed E-state index contributed by atoms with van der Waals surface area (Å²) in [5.41, 5.74) is 4.49. The van der Waals surface area contributed by atoms with Gasteiger partial charge in [-0.1, -0.05) is 48.1 Å². The van der Waals surface area contributed by atoms with E-state index in [-0.39, 0.29) is 25.1 Å². The van der Waals surface area contributed by atoms with Crippen LogP contribution in [0.1, 0.15) is 31.2 Å². The fourth-order valence-corrected chi connectivity index (χ4v) is 7.97. The number of aromatic nitrogens is 2. The SMILES string of the molecule is CCC(/C=C1\Oc2ccc(-n3ccc4ccccc43)cc2N1CCCS(=O)(=O)O)=C\c1sc2ccc(Cl)cc2[n+]1CCCS(=O)(=O)O. The average Bonchev–Trinajstić information content (AvgIpc) is 3.69. The Morgan fingerprint density at radius 1 is 0.979 bits per heavy atom. The number of rotatable bonds is 12. The first-order valence-electron chi connectivity index (χ1n) is 15.0. The zero-order chi connectivity index (χ0) is 33.3. The minimum absolute atomic E-state index is 0.172. The molecule has 6 rings (SSSR count). The Kier molecular flexibility index (Phi) is 9.47. The quantitative estimate of drug-likeness (QED) is 0.106. The van der Waals surface area contributed by atoms with Gasteiger partial charge in [0.15, 0.2) is 12.3 Å². The van der Waals surface area contributed by atoms with Gasteiger partial charge in [-0.05, 0) is 66.3 Å². The van der Waals surface area contributed by atoms with E-state index in [1.807, 2.05) is 95.4 Å². The Balaban J connectivity index is 1.38. The molecule has 0 aliphatic carbocycles. The summed E-state index contributed by atoms with van der Waals surface area (Å²) in [4.78, 5) is 1.92. The zero-order valence-electron chi connectivity index (χ0n) is 25.4. The molecule has 0 saturated carbocycles. The van der Waals surface area contributed by atoms with E-state index in [9.17, 15) is 25.9 Å². The summed E-state index contributed by atoms with van der Waals surface area (Å²) in [6.45, 7) is 2.64. The number of halogens is 1. The van der Waals surface area contributed by atoms with E-state index in [0.29, 0.717) is 29.6 Å². The number of para-hydroxylation sites is 1. The van der Waals surface area contributed by atoms with Crippen molar-refractivity contribution >= 4 is 76.1 Å². The first kappa shape index (κ1) is 33.2. The van der Waals surface area contributed by atoms with Crippen LogP contribution in [0.2, 0.25) is 5.02 Å². The van der Waals surface area contributed by atoms with Crippen LogP contribution in [0.15, 0.2) is 90.5 Å². The Morgan fingerprint density at radius 3 is 2.51 bits per heavy atom. The second-order valence-electron chi connectivity index (χ2n) is 11.2. The van der Waals surface area contributed by atoms with Crippen LogP contribution in [-0.4, -0.2) is 48.6 Å². The number of benzene rings is 3. The van der Waals surface area contributed by atoms with E-state index < -0.39 is 26.0 Å². The molecule has 3 aromatic carbocycles. The highest BCUT2D eigenvalue weighted by Crippen LogP contribution is 2.41. The number of allylic oxidation sites excluding steroid dienone is 2. The molecule has 10 nitrogen and oxygen atoms in total. The third-order valence-corrected chi connectivity index (χ3v) is 10.8. The van der Waals surface area contributed by atoms with Gasteiger partial charge in [0.1, 0.15) is 4.70 Å². The van der Waals surface area contributed by atoms with Crippen molar-refractivity contribution in [3.63, 3.8) is 0 Å². The molecule has 0 spiro atoms. The monoisotopic (exact) mass is 714 g/mol. The van der Waals surface area contributed by atoms with E-state index in [2.05, 4.69) is 4.57 Å². The Labute approximate surface area is 282 Å². The van der Waals surface area contributed by atoms with Gasteiger partial charge in [0.2, 0.25) is 11.4 Å². The van der Waals surface area contributed by atoms with Crippen LogP contribution in [0, 0.1) is 0 Å². The Morgan fingerprint density at radius 2 is 1.74 bits per heavy atom. The summed E-state index contributed by atoms with van der Waals surface area (Å²) >= 11 is 7.84. The molecule has 14 heteroatoms. The molecule has 0 radical (unpaired) electrons. The number of nitrogens with zero attached hydrogens (tertiary/aromatic N) is 3. The number of ether oxygens (including phenoxy) is 1. The summed E-state index contributed by atoms with van der Waals surface area (Å²) in [6, 6.07) is 21.5. The van der Waals surface area contributed by atoms with Crippen LogP contribution >= 0.6 is 22.9 Å². The lowest BCUT2D eigenvalue weighted by atomic mass is 10.1. The molecular weight excluding hydrogens is 682 g/mol. The molecule has 1 aliphatic rings. The van der Waals surface area contributed by atoms with E-state index in [4.69, 9.17) is 16.3 Å². The average molecular weight is 715 g/mol. The number of thiazole rings is 1. The minimum Gasteiger partial charge on any atom is -0.439 e. The maximum atomic E-state index is 11.6. The van der Waals surface area contributed by atoms with Gasteiger partial charge in [0, 0.05) is 48.1 Å². The second-order valence-corrected chi connectivity index (χ2v) is 15.8. The highest BCUT2D eigenvalue weighted by atomic mass is 35.5. The smallest absolute Gasteiger partial charge is 0.265 e. The van der Waals surface area contributed by atoms with Crippen LogP contribution in [0.5, 0.6) is 5.75 Å². The van der Waals surface area contributed by atoms with Crippen molar-refractivity contribution in [3.8, 4) is 11.4 Å². The standard InChI is InChI=1S/C33H32ClN3O7S3/c1-2-23(20-33-37(15-6-18-47(41,42)43)29-21-25(34)9-12-31(29)45-33)19-32-36(14-5-17-46(38,39)40)28-22-26(10-11-30(28)44-32)35-16-13-24-7-3-4-8-27(24)35/h3-4,7-13,16,19-22H,2,5-6,14-15,17-18H2,1H3,(H-,38,39,40,41,42,43)/p+1. The highest BCUT2D eigenvalue weighted by Gasteiger charge is 2.28. The summed E-state index contributed by atoms with van der Waals surface area (Å²) in [7, 11) is -8.26. The first-order chi connectivity index (χ1) is 22.4. The van der Waals surface area contributed by atoms with Crippen LogP contribution in [0.3, 0.4) is 0 Å². The number of fused-ring (bicyclic) bond motifs is 3. The van der Waals surface area contributed by atoms with Gasteiger partial charge in [-0.3, -0.25) is 9.11 Å². The van der Waals surface area contributed by atoms with Crippen molar-refractivity contribution in [1.29, 1.82) is 0 Å². The molecule has 1 aliphatic heterocycles. The van der Waals surface area contributed by atoms with Gasteiger partial charge < -0.3 is 14.2 Å². The van der Waals surface area contributed by atoms with Gasteiger partial charge in [-0.2, -0.15) is 21.4 Å². The van der Waals surface area contributed by atoms with Gasteiger partial charge in [-0.15, -0.1) is 0 Å². The Hall–Kier alpha value is -3.72. The predicted molar refractivity (Wildman–Crippen MR) is 187 cm³/mol. The van der Waals surface area contributed by atoms with Crippen LogP contribution in [0.4, 0.5) is 5.69 Å². The molecular formula is C33H33ClN3O7S3+. The molecule has 246 valence electrons. The largest absolute Gasteiger partial charge is 0.439 e. The van der Waals surface area contributed by atoms with Crippen molar-refractivity contribution in [2.75, 3.05) is 23.0 Å². The van der Waals surface area contributed by atoms with E-state index in [0.717, 1.165) is 43.1 Å². The molecule has 2 aromatic heterocycles. The van der Waals surface area contributed by atoms with E-state index in [1.165, 1.54) is 11.3 Å². The van der Waals surface area contributed by atoms with Crippen LogP contribution in [0.25, 0.3) is 32.9 Å². The lowest BCUT2D eigenvalue weighted by molar-refractivity contribution is -0.668. The fourth-order valence-electron chi connectivity index (χ4n) is 5.67. The van der Waals surface area contributed by atoms with Crippen LogP contribution < -0.4 is 14.2 Å². The molecule has 5 aromatic rings. The summed E-state index contributed by atoms with van der Waals surface area (Å²) in [6.07, 6.45) is 6.94. The van der Waals surface area contributed by atoms with Crippen molar-refractivity contribution in [2.24, 2.45) is 0 Å². The van der Waals surface area contributed by atoms with Gasteiger partial charge in [0.05, 0.1) is 22.7 Å². The normalized spacial score (nSPS) is 14.8. The maximum absolute atomic E-state index is 11.6. The zero-order valence-corrected chi connectivity index (χ0v) is 28.6. The van der Waals surface area contributed by atoms with Crippen molar-refractivity contribution in [2.45, 2.75) is 32.7 Å². The van der Waals surface area contributed by atoms with Gasteiger partial charge in [-0.25, -0.2) is 0 Å². The number of aryl methyl sites for hydroxylation is 1. The molecule has 2 N–H and O–H groups in total. The molecule has 0 amide bonds. The molecule has 0 bridgehead atoms. The molecule has 0 atom stereocenters. The van der Waals surface area contributed by atoms with E-state index in [1.54, 1.807) is 6.07 Å². The topological polar surface area (TPSA) is 130 Å². The minimum atomic E-state index is -4.15. The second kappa shape index (κ2) is 13.4. The van der Waals surface area contributed by atoms with Crippen molar-refractivity contribution < 1.29 is 35.2 Å². The maximum Gasteiger partial charge on any atom is 0.265 e. The fraction of sp³-hybridized carbons (Fsp3) is 0.242. The molecule has 3 heterocycles. The third-order valence-electron chi connectivity index (χ3n) is 7.88. The summed E-state index contributed by atoms with van der Waals surface area (Å²) in [5.74, 6) is 0.380. The lowest BCUT2D eigenvalue weighted by Gasteiger charge is -2.19. The first-order valence-corrected chi connectivity index (χ1v) is 19.4. The van der Waals surface area contributed by atoms with Crippen molar-refractivity contribution in [1.82, 2.24) is 4.57 Å². The van der Waals surface area contributed by atoms with Crippen LogP contribution in [-0.2, 0) is 26.8 Å². The Bertz CT molecular complexity index is 2260. The summed E-state index contributed by atoms with van der Waals surface area (Å²) < 4.78 is 76.1. The number of hydrogen-bond donors (Lipinski definition) is 2. The molecule has 0 saturated heterocycles. The van der Waals surface area contributed by atoms with Crippen molar-refractivity contribution in [3.05, 3.63) is 100 Å². The number of anilines is 1. The third kappa shape index (κ3) is 7.72. The molecule has 0 unspecified atom stereocenters. The lowest BCUT2D eigenvalue weighted by Crippen LogP contribution is -2.36. The predicted octanol–water partition coefficient (Wildman–Crippen LogP) is 6.88. The highest BCUT2D eigenvalue weighted by molar-refractivity contribution is 7.86. The van der Waals surface area contributed by atoms with Gasteiger partial charge >= 0.3 is 0 Å². The molecule has 0 fully saturated rings.